The van der Waals surface area contributed by atoms with Crippen LogP contribution in [-0.2, 0) is 0 Å². The molecule has 24 heavy (non-hydrogen) atoms. The molecule has 0 saturated carbocycles. The lowest BCUT2D eigenvalue weighted by atomic mass is 9.94. The van der Waals surface area contributed by atoms with Crippen LogP contribution in [-0.4, -0.2) is 38.1 Å². The number of carbonyl (C=O) groups is 1. The molecule has 6 heteroatoms. The average molecular weight is 376 g/mol. The van der Waals surface area contributed by atoms with Crippen molar-refractivity contribution >= 4 is 36.4 Å². The second kappa shape index (κ2) is 11.6. The summed E-state index contributed by atoms with van der Waals surface area (Å²) in [6.07, 6.45) is 2.25. The van der Waals surface area contributed by atoms with Gasteiger partial charge in [-0.05, 0) is 56.5 Å². The average Bonchev–Trinajstić information content (AvgIpc) is 2.55. The van der Waals surface area contributed by atoms with E-state index >= 15 is 0 Å². The highest BCUT2D eigenvalue weighted by molar-refractivity contribution is 5.94. The first-order chi connectivity index (χ1) is 10.7. The molecular weight excluding hydrogens is 345 g/mol. The number of carbonyl (C=O) groups excluding carboxylic acids is 1. The lowest BCUT2D eigenvalue weighted by molar-refractivity contribution is 0.0915. The summed E-state index contributed by atoms with van der Waals surface area (Å²) in [6.45, 7) is 10.5. The molecule has 0 aliphatic carbocycles. The lowest BCUT2D eigenvalue weighted by Gasteiger charge is -2.30. The molecule has 1 heterocycles. The Morgan fingerprint density at radius 2 is 1.92 bits per heavy atom. The van der Waals surface area contributed by atoms with Crippen molar-refractivity contribution in [1.82, 2.24) is 10.6 Å². The van der Waals surface area contributed by atoms with Gasteiger partial charge in [0.2, 0.25) is 0 Å². The molecule has 2 N–H and O–H groups in total. The smallest absolute Gasteiger partial charge is 0.251 e. The Balaban J connectivity index is 0.00000264. The molecular formula is C18H31Cl2N3O. The van der Waals surface area contributed by atoms with Crippen LogP contribution in [0.4, 0.5) is 5.69 Å². The molecule has 1 amide bonds. The van der Waals surface area contributed by atoms with Crippen LogP contribution in [0.1, 0.15) is 44.0 Å². The van der Waals surface area contributed by atoms with Gasteiger partial charge in [0.05, 0.1) is 0 Å². The van der Waals surface area contributed by atoms with E-state index in [2.05, 4.69) is 48.4 Å². The van der Waals surface area contributed by atoms with Crippen molar-refractivity contribution < 1.29 is 4.79 Å². The number of hydrogen-bond acceptors (Lipinski definition) is 3. The van der Waals surface area contributed by atoms with E-state index in [1.807, 2.05) is 12.1 Å². The number of nitrogens with one attached hydrogen (secondary N) is 2. The fraction of sp³-hybridized carbons (Fsp3) is 0.611. The highest BCUT2D eigenvalue weighted by Crippen LogP contribution is 2.17. The topological polar surface area (TPSA) is 44.4 Å². The SMILES string of the molecule is CCCN(CC)c1ccc(C(=O)NC2CNCCC2C)cc1.Cl.Cl. The first kappa shape index (κ1) is 23.0. The van der Waals surface area contributed by atoms with Gasteiger partial charge in [-0.2, -0.15) is 0 Å². The Morgan fingerprint density at radius 3 is 2.46 bits per heavy atom. The summed E-state index contributed by atoms with van der Waals surface area (Å²) in [5.74, 6) is 0.565. The molecule has 2 unspecified atom stereocenters. The number of nitrogens with zero attached hydrogens (tertiary/aromatic N) is 1. The molecule has 2 atom stereocenters. The van der Waals surface area contributed by atoms with Crippen LogP contribution in [0.3, 0.4) is 0 Å². The molecule has 138 valence electrons. The molecule has 2 rings (SSSR count). The highest BCUT2D eigenvalue weighted by Gasteiger charge is 2.23. The predicted molar refractivity (Wildman–Crippen MR) is 107 cm³/mol. The van der Waals surface area contributed by atoms with Gasteiger partial charge in [0.25, 0.3) is 5.91 Å². The Kier molecular flexibility index (Phi) is 11.1. The van der Waals surface area contributed by atoms with E-state index in [0.29, 0.717) is 5.92 Å². The number of halogens is 2. The first-order valence-electron chi connectivity index (χ1n) is 8.52. The van der Waals surface area contributed by atoms with Gasteiger partial charge in [0.1, 0.15) is 0 Å². The third-order valence-corrected chi connectivity index (χ3v) is 4.51. The molecule has 1 aliphatic rings. The Labute approximate surface area is 158 Å². The van der Waals surface area contributed by atoms with Crippen molar-refractivity contribution in [2.24, 2.45) is 5.92 Å². The standard InChI is InChI=1S/C18H29N3O.2ClH/c1-4-12-21(5-2)16-8-6-15(7-9-16)18(22)20-17-13-19-11-10-14(17)3;;/h6-9,14,17,19H,4-5,10-13H2,1-3H3,(H,20,22);2*1H. The van der Waals surface area contributed by atoms with Gasteiger partial charge in [-0.1, -0.05) is 13.8 Å². The monoisotopic (exact) mass is 375 g/mol. The van der Waals surface area contributed by atoms with Gasteiger partial charge in [0, 0.05) is 36.9 Å². The number of piperidine rings is 1. The van der Waals surface area contributed by atoms with Crippen molar-refractivity contribution in [3.8, 4) is 0 Å². The Hall–Kier alpha value is -0.970. The fourth-order valence-electron chi connectivity index (χ4n) is 3.00. The summed E-state index contributed by atoms with van der Waals surface area (Å²) in [5.41, 5.74) is 1.93. The van der Waals surface area contributed by atoms with Gasteiger partial charge in [-0.25, -0.2) is 0 Å². The molecule has 0 bridgehead atoms. The maximum absolute atomic E-state index is 12.4. The van der Waals surface area contributed by atoms with Crippen LogP contribution in [0.2, 0.25) is 0 Å². The van der Waals surface area contributed by atoms with Crippen LogP contribution in [0.15, 0.2) is 24.3 Å². The van der Waals surface area contributed by atoms with E-state index in [9.17, 15) is 4.79 Å². The summed E-state index contributed by atoms with van der Waals surface area (Å²) < 4.78 is 0. The summed E-state index contributed by atoms with van der Waals surface area (Å²) in [6, 6.07) is 8.20. The van der Waals surface area contributed by atoms with E-state index in [0.717, 1.165) is 44.6 Å². The molecule has 1 fully saturated rings. The number of hydrogen-bond donors (Lipinski definition) is 2. The molecule has 0 radical (unpaired) electrons. The Morgan fingerprint density at radius 1 is 1.25 bits per heavy atom. The van der Waals surface area contributed by atoms with Crippen molar-refractivity contribution in [3.63, 3.8) is 0 Å². The van der Waals surface area contributed by atoms with Crippen molar-refractivity contribution in [2.45, 2.75) is 39.7 Å². The van der Waals surface area contributed by atoms with E-state index in [4.69, 9.17) is 0 Å². The summed E-state index contributed by atoms with van der Waals surface area (Å²) in [4.78, 5) is 14.7. The molecule has 0 spiro atoms. The van der Waals surface area contributed by atoms with Crippen molar-refractivity contribution in [1.29, 1.82) is 0 Å². The van der Waals surface area contributed by atoms with Crippen LogP contribution < -0.4 is 15.5 Å². The fourth-order valence-corrected chi connectivity index (χ4v) is 3.00. The largest absolute Gasteiger partial charge is 0.372 e. The lowest BCUT2D eigenvalue weighted by Crippen LogP contribution is -2.50. The molecule has 1 aliphatic heterocycles. The van der Waals surface area contributed by atoms with Gasteiger partial charge in [-0.15, -0.1) is 24.8 Å². The van der Waals surface area contributed by atoms with E-state index in [1.165, 1.54) is 5.69 Å². The summed E-state index contributed by atoms with van der Waals surface area (Å²) in [7, 11) is 0. The third kappa shape index (κ3) is 6.15. The Bertz CT molecular complexity index is 482. The zero-order valence-electron chi connectivity index (χ0n) is 14.9. The molecule has 1 aromatic rings. The number of rotatable bonds is 6. The minimum atomic E-state index is 0. The normalized spacial score (nSPS) is 19.6. The van der Waals surface area contributed by atoms with Gasteiger partial charge >= 0.3 is 0 Å². The molecule has 1 aromatic carbocycles. The number of amides is 1. The van der Waals surface area contributed by atoms with Gasteiger partial charge in [0.15, 0.2) is 0 Å². The molecule has 0 aromatic heterocycles. The van der Waals surface area contributed by atoms with Crippen LogP contribution in [0.5, 0.6) is 0 Å². The van der Waals surface area contributed by atoms with Crippen LogP contribution in [0.25, 0.3) is 0 Å². The number of benzene rings is 1. The zero-order chi connectivity index (χ0) is 15.9. The summed E-state index contributed by atoms with van der Waals surface area (Å²) >= 11 is 0. The quantitative estimate of drug-likeness (QED) is 0.799. The van der Waals surface area contributed by atoms with E-state index in [1.54, 1.807) is 0 Å². The van der Waals surface area contributed by atoms with Crippen molar-refractivity contribution in [3.05, 3.63) is 29.8 Å². The summed E-state index contributed by atoms with van der Waals surface area (Å²) in [5, 5.41) is 6.50. The number of anilines is 1. The third-order valence-electron chi connectivity index (χ3n) is 4.51. The van der Waals surface area contributed by atoms with Gasteiger partial charge < -0.3 is 15.5 Å². The highest BCUT2D eigenvalue weighted by atomic mass is 35.5. The minimum Gasteiger partial charge on any atom is -0.372 e. The van der Waals surface area contributed by atoms with Crippen molar-refractivity contribution in [2.75, 3.05) is 31.1 Å². The van der Waals surface area contributed by atoms with Crippen LogP contribution in [0, 0.1) is 5.92 Å². The first-order valence-corrected chi connectivity index (χ1v) is 8.52. The molecule has 4 nitrogen and oxygen atoms in total. The van der Waals surface area contributed by atoms with Crippen LogP contribution >= 0.6 is 24.8 Å². The molecule has 1 saturated heterocycles. The maximum Gasteiger partial charge on any atom is 0.251 e. The maximum atomic E-state index is 12.4. The van der Waals surface area contributed by atoms with E-state index in [-0.39, 0.29) is 36.8 Å². The van der Waals surface area contributed by atoms with Gasteiger partial charge in [-0.3, -0.25) is 4.79 Å². The minimum absolute atomic E-state index is 0. The van der Waals surface area contributed by atoms with E-state index < -0.39 is 0 Å². The predicted octanol–water partition coefficient (Wildman–Crippen LogP) is 3.49. The second-order valence-corrected chi connectivity index (χ2v) is 6.18. The second-order valence-electron chi connectivity index (χ2n) is 6.18. The zero-order valence-corrected chi connectivity index (χ0v) is 16.5.